The highest BCUT2D eigenvalue weighted by molar-refractivity contribution is 5.90. The number of rotatable bonds is 5. The molecule has 0 aromatic heterocycles. The van der Waals surface area contributed by atoms with Crippen LogP contribution in [0.3, 0.4) is 0 Å². The van der Waals surface area contributed by atoms with Gasteiger partial charge in [0, 0.05) is 17.8 Å². The van der Waals surface area contributed by atoms with Crippen LogP contribution in [0.15, 0.2) is 35.9 Å². The van der Waals surface area contributed by atoms with Gasteiger partial charge in [-0.1, -0.05) is 24.3 Å². The molecular weight excluding hydrogens is 244 g/mol. The summed E-state index contributed by atoms with van der Waals surface area (Å²) in [6.45, 7) is 3.83. The largest absolute Gasteiger partial charge is 0.478 e. The predicted molar refractivity (Wildman–Crippen MR) is 74.2 cm³/mol. The number of hydrogen-bond donors (Lipinski definition) is 3. The van der Waals surface area contributed by atoms with Gasteiger partial charge in [0.25, 0.3) is 0 Å². The highest BCUT2D eigenvalue weighted by atomic mass is 16.4. The van der Waals surface area contributed by atoms with E-state index in [-0.39, 0.29) is 11.6 Å². The first kappa shape index (κ1) is 14.8. The minimum Gasteiger partial charge on any atom is -0.478 e. The standard InChI is InChI=1S/C14H18N2O3/c1-10-6-3-4-8-12(10)16-14(19)15-9-5-7-11(2)13(17)18/h3-4,6-8H,5,9H2,1-2H3,(H,17,18)(H2,15,16,19). The monoisotopic (exact) mass is 262 g/mol. The molecule has 102 valence electrons. The molecule has 0 unspecified atom stereocenters. The number of aryl methyl sites for hydroxylation is 1. The van der Waals surface area contributed by atoms with E-state index in [0.717, 1.165) is 11.3 Å². The van der Waals surface area contributed by atoms with E-state index in [1.807, 2.05) is 31.2 Å². The van der Waals surface area contributed by atoms with Gasteiger partial charge in [-0.05, 0) is 31.9 Å². The van der Waals surface area contributed by atoms with Gasteiger partial charge in [0.1, 0.15) is 0 Å². The third kappa shape index (κ3) is 5.25. The Morgan fingerprint density at radius 3 is 2.63 bits per heavy atom. The number of para-hydroxylation sites is 1. The van der Waals surface area contributed by atoms with E-state index in [1.54, 1.807) is 6.08 Å². The average molecular weight is 262 g/mol. The van der Waals surface area contributed by atoms with Crippen molar-refractivity contribution in [1.82, 2.24) is 5.32 Å². The van der Waals surface area contributed by atoms with E-state index in [9.17, 15) is 9.59 Å². The average Bonchev–Trinajstić information content (AvgIpc) is 2.37. The molecule has 1 aromatic rings. The van der Waals surface area contributed by atoms with E-state index in [1.165, 1.54) is 6.92 Å². The first-order valence-corrected chi connectivity index (χ1v) is 6.01. The molecule has 3 N–H and O–H groups in total. The molecule has 0 fully saturated rings. The molecule has 1 rings (SSSR count). The lowest BCUT2D eigenvalue weighted by molar-refractivity contribution is -0.132. The summed E-state index contributed by atoms with van der Waals surface area (Å²) >= 11 is 0. The Balaban J connectivity index is 2.35. The maximum atomic E-state index is 11.6. The van der Waals surface area contributed by atoms with Gasteiger partial charge in [-0.2, -0.15) is 0 Å². The number of carbonyl (C=O) groups is 2. The van der Waals surface area contributed by atoms with Gasteiger partial charge in [-0.15, -0.1) is 0 Å². The molecule has 0 saturated carbocycles. The minimum atomic E-state index is -0.940. The van der Waals surface area contributed by atoms with Crippen molar-refractivity contribution in [3.63, 3.8) is 0 Å². The zero-order valence-corrected chi connectivity index (χ0v) is 11.1. The van der Waals surface area contributed by atoms with Gasteiger partial charge in [-0.3, -0.25) is 0 Å². The molecule has 5 heteroatoms. The number of carboxylic acids is 1. The maximum Gasteiger partial charge on any atom is 0.330 e. The minimum absolute atomic E-state index is 0.279. The van der Waals surface area contributed by atoms with E-state index in [4.69, 9.17) is 5.11 Å². The summed E-state index contributed by atoms with van der Waals surface area (Å²) in [6.07, 6.45) is 2.07. The Morgan fingerprint density at radius 1 is 1.32 bits per heavy atom. The molecule has 0 aliphatic heterocycles. The lowest BCUT2D eigenvalue weighted by atomic mass is 10.2. The number of anilines is 1. The van der Waals surface area contributed by atoms with Crippen LogP contribution in [0.2, 0.25) is 0 Å². The van der Waals surface area contributed by atoms with Crippen molar-refractivity contribution >= 4 is 17.7 Å². The van der Waals surface area contributed by atoms with Crippen LogP contribution in [0.25, 0.3) is 0 Å². The Labute approximate surface area is 112 Å². The van der Waals surface area contributed by atoms with Crippen LogP contribution in [-0.2, 0) is 4.79 Å². The van der Waals surface area contributed by atoms with E-state index >= 15 is 0 Å². The van der Waals surface area contributed by atoms with Crippen molar-refractivity contribution in [1.29, 1.82) is 0 Å². The van der Waals surface area contributed by atoms with Crippen molar-refractivity contribution in [3.05, 3.63) is 41.5 Å². The lowest BCUT2D eigenvalue weighted by Crippen LogP contribution is -2.29. The van der Waals surface area contributed by atoms with E-state index in [0.29, 0.717) is 13.0 Å². The second kappa shape index (κ2) is 7.20. The Morgan fingerprint density at radius 2 is 2.00 bits per heavy atom. The number of carboxylic acid groups (broad SMARTS) is 1. The highest BCUT2D eigenvalue weighted by Crippen LogP contribution is 2.12. The SMILES string of the molecule is CC(=CCCNC(=O)Nc1ccccc1C)C(=O)O. The summed E-state index contributed by atoms with van der Waals surface area (Å²) in [4.78, 5) is 22.1. The van der Waals surface area contributed by atoms with Gasteiger partial charge in [0.15, 0.2) is 0 Å². The van der Waals surface area contributed by atoms with Crippen LogP contribution >= 0.6 is 0 Å². The van der Waals surface area contributed by atoms with Crippen LogP contribution < -0.4 is 10.6 Å². The van der Waals surface area contributed by atoms with Gasteiger partial charge < -0.3 is 15.7 Å². The number of amides is 2. The second-order valence-corrected chi connectivity index (χ2v) is 4.18. The number of nitrogens with one attached hydrogen (secondary N) is 2. The Kier molecular flexibility index (Phi) is 5.60. The third-order valence-corrected chi connectivity index (χ3v) is 2.61. The maximum absolute atomic E-state index is 11.6. The van der Waals surface area contributed by atoms with Crippen LogP contribution in [0.5, 0.6) is 0 Å². The Hall–Kier alpha value is -2.30. The fourth-order valence-corrected chi connectivity index (χ4v) is 1.44. The summed E-state index contributed by atoms with van der Waals surface area (Å²) in [5.74, 6) is -0.940. The zero-order valence-electron chi connectivity index (χ0n) is 11.1. The topological polar surface area (TPSA) is 78.4 Å². The number of aliphatic carboxylic acids is 1. The summed E-state index contributed by atoms with van der Waals surface area (Å²) in [5, 5.41) is 14.0. The fraction of sp³-hybridized carbons (Fsp3) is 0.286. The van der Waals surface area contributed by atoms with Crippen molar-refractivity contribution in [2.45, 2.75) is 20.3 Å². The smallest absolute Gasteiger partial charge is 0.330 e. The number of hydrogen-bond acceptors (Lipinski definition) is 2. The van der Waals surface area contributed by atoms with E-state index < -0.39 is 5.97 Å². The molecule has 0 atom stereocenters. The van der Waals surface area contributed by atoms with E-state index in [2.05, 4.69) is 10.6 Å². The molecular formula is C14H18N2O3. The second-order valence-electron chi connectivity index (χ2n) is 4.18. The van der Waals surface area contributed by atoms with Crippen molar-refractivity contribution < 1.29 is 14.7 Å². The number of benzene rings is 1. The summed E-state index contributed by atoms with van der Waals surface area (Å²) < 4.78 is 0. The van der Waals surface area contributed by atoms with Crippen LogP contribution in [-0.4, -0.2) is 23.7 Å². The zero-order chi connectivity index (χ0) is 14.3. The normalized spacial score (nSPS) is 10.9. The number of urea groups is 1. The van der Waals surface area contributed by atoms with Gasteiger partial charge in [0.05, 0.1) is 0 Å². The fourth-order valence-electron chi connectivity index (χ4n) is 1.44. The first-order valence-electron chi connectivity index (χ1n) is 6.01. The quantitative estimate of drug-likeness (QED) is 0.563. The van der Waals surface area contributed by atoms with Gasteiger partial charge in [0.2, 0.25) is 0 Å². The Bertz CT molecular complexity index is 495. The molecule has 2 amide bonds. The lowest BCUT2D eigenvalue weighted by Gasteiger charge is -2.08. The molecule has 0 aliphatic carbocycles. The van der Waals surface area contributed by atoms with Crippen molar-refractivity contribution in [3.8, 4) is 0 Å². The third-order valence-electron chi connectivity index (χ3n) is 2.61. The van der Waals surface area contributed by atoms with Crippen LogP contribution in [0.1, 0.15) is 18.9 Å². The summed E-state index contributed by atoms with van der Waals surface area (Å²) in [7, 11) is 0. The molecule has 0 radical (unpaired) electrons. The first-order chi connectivity index (χ1) is 9.00. The summed E-state index contributed by atoms with van der Waals surface area (Å²) in [6, 6.07) is 7.19. The molecule has 19 heavy (non-hydrogen) atoms. The molecule has 0 saturated heterocycles. The molecule has 0 heterocycles. The van der Waals surface area contributed by atoms with Crippen LogP contribution in [0, 0.1) is 6.92 Å². The van der Waals surface area contributed by atoms with Gasteiger partial charge in [-0.25, -0.2) is 9.59 Å². The van der Waals surface area contributed by atoms with Crippen molar-refractivity contribution in [2.75, 3.05) is 11.9 Å². The van der Waals surface area contributed by atoms with Crippen LogP contribution in [0.4, 0.5) is 10.5 Å². The molecule has 0 bridgehead atoms. The number of carbonyl (C=O) groups excluding carboxylic acids is 1. The molecule has 0 aliphatic rings. The molecule has 5 nitrogen and oxygen atoms in total. The highest BCUT2D eigenvalue weighted by Gasteiger charge is 2.03. The van der Waals surface area contributed by atoms with Gasteiger partial charge >= 0.3 is 12.0 Å². The molecule has 0 spiro atoms. The summed E-state index contributed by atoms with van der Waals surface area (Å²) in [5.41, 5.74) is 2.03. The van der Waals surface area contributed by atoms with Crippen molar-refractivity contribution in [2.24, 2.45) is 0 Å². The predicted octanol–water partition coefficient (Wildman–Crippen LogP) is 2.54. The molecule has 1 aromatic carbocycles.